The molecule has 1 aromatic carbocycles. The lowest BCUT2D eigenvalue weighted by Gasteiger charge is -2.32. The maximum absolute atomic E-state index is 12.4. The van der Waals surface area contributed by atoms with Crippen molar-refractivity contribution in [1.82, 2.24) is 24.5 Å². The molecule has 1 saturated heterocycles. The minimum atomic E-state index is -1.71. The Hall–Kier alpha value is -3.50. The van der Waals surface area contributed by atoms with Crippen LogP contribution < -0.4 is 0 Å². The van der Waals surface area contributed by atoms with Gasteiger partial charge in [-0.1, -0.05) is 23.4 Å². The third-order valence-corrected chi connectivity index (χ3v) is 6.81. The molecule has 1 atom stereocenters. The van der Waals surface area contributed by atoms with E-state index in [0.717, 1.165) is 12.1 Å². The molecule has 4 heterocycles. The number of carbonyl (C=O) groups excluding carboxylic acids is 1. The zero-order valence-corrected chi connectivity index (χ0v) is 19.4. The second-order valence-electron chi connectivity index (χ2n) is 9.25. The standard InChI is InChI=1S/C24H27N5O5/c1-14(2)28-9-10-29-18(13-28)20(22(30)31)25-21(29)16-6-4-5-15(11-16)17-12-19(34-26-17)24(33)7-8-27(3)23(24)32/h4-6,11-12,14,33H,7-10,13H2,1-3H3,(H,30,31)/t24-/m1/s1. The highest BCUT2D eigenvalue weighted by Gasteiger charge is 2.48. The first-order chi connectivity index (χ1) is 16.2. The van der Waals surface area contributed by atoms with Gasteiger partial charge in [-0.15, -0.1) is 0 Å². The van der Waals surface area contributed by atoms with Crippen molar-refractivity contribution in [3.8, 4) is 22.6 Å². The molecule has 1 fully saturated rings. The lowest BCUT2D eigenvalue weighted by Crippen LogP contribution is -2.38. The Bertz CT molecular complexity index is 1280. The number of imidazole rings is 1. The molecule has 178 valence electrons. The van der Waals surface area contributed by atoms with Crippen molar-refractivity contribution in [3.63, 3.8) is 0 Å². The van der Waals surface area contributed by atoms with Gasteiger partial charge in [-0.2, -0.15) is 0 Å². The van der Waals surface area contributed by atoms with Gasteiger partial charge in [0.15, 0.2) is 11.5 Å². The molecule has 2 aromatic heterocycles. The molecule has 2 aliphatic heterocycles. The van der Waals surface area contributed by atoms with Crippen LogP contribution in [0.25, 0.3) is 22.6 Å². The van der Waals surface area contributed by atoms with Crippen LogP contribution in [0.5, 0.6) is 0 Å². The average molecular weight is 466 g/mol. The molecule has 10 heteroatoms. The van der Waals surface area contributed by atoms with Crippen LogP contribution in [0.3, 0.4) is 0 Å². The van der Waals surface area contributed by atoms with E-state index < -0.39 is 17.5 Å². The van der Waals surface area contributed by atoms with Crippen LogP contribution in [0.15, 0.2) is 34.9 Å². The summed E-state index contributed by atoms with van der Waals surface area (Å²) in [6.07, 6.45) is 0.239. The third-order valence-electron chi connectivity index (χ3n) is 6.81. The summed E-state index contributed by atoms with van der Waals surface area (Å²) in [5, 5.41) is 24.7. The molecule has 0 unspecified atom stereocenters. The largest absolute Gasteiger partial charge is 0.476 e. The van der Waals surface area contributed by atoms with Crippen LogP contribution >= 0.6 is 0 Å². The monoisotopic (exact) mass is 465 g/mol. The number of aromatic carboxylic acids is 1. The van der Waals surface area contributed by atoms with Crippen LogP contribution in [-0.2, 0) is 23.5 Å². The molecule has 2 N–H and O–H groups in total. The topological polar surface area (TPSA) is 125 Å². The molecule has 2 aliphatic rings. The third kappa shape index (κ3) is 3.50. The highest BCUT2D eigenvalue weighted by Crippen LogP contribution is 2.35. The highest BCUT2D eigenvalue weighted by atomic mass is 16.5. The predicted molar refractivity (Wildman–Crippen MR) is 122 cm³/mol. The van der Waals surface area contributed by atoms with Crippen LogP contribution in [0.1, 0.15) is 42.2 Å². The number of carboxylic acid groups (broad SMARTS) is 1. The van der Waals surface area contributed by atoms with Gasteiger partial charge in [-0.05, 0) is 19.9 Å². The molecule has 3 aromatic rings. The summed E-state index contributed by atoms with van der Waals surface area (Å²) < 4.78 is 7.36. The van der Waals surface area contributed by atoms with E-state index in [0.29, 0.717) is 48.5 Å². The summed E-state index contributed by atoms with van der Waals surface area (Å²) in [7, 11) is 1.64. The van der Waals surface area contributed by atoms with Crippen molar-refractivity contribution in [3.05, 3.63) is 47.5 Å². The van der Waals surface area contributed by atoms with Gasteiger partial charge in [-0.3, -0.25) is 9.69 Å². The molecule has 10 nitrogen and oxygen atoms in total. The lowest BCUT2D eigenvalue weighted by atomic mass is 9.98. The van der Waals surface area contributed by atoms with Crippen molar-refractivity contribution in [2.45, 2.75) is 45.0 Å². The number of aromatic nitrogens is 3. The fourth-order valence-electron chi connectivity index (χ4n) is 4.73. The fraction of sp³-hybridized carbons (Fsp3) is 0.417. The van der Waals surface area contributed by atoms with E-state index >= 15 is 0 Å². The summed E-state index contributed by atoms with van der Waals surface area (Å²) in [5.41, 5.74) is 0.997. The summed E-state index contributed by atoms with van der Waals surface area (Å²) in [6.45, 7) is 6.60. The van der Waals surface area contributed by atoms with Crippen LogP contribution in [0.2, 0.25) is 0 Å². The van der Waals surface area contributed by atoms with Crippen molar-refractivity contribution >= 4 is 11.9 Å². The van der Waals surface area contributed by atoms with Crippen molar-refractivity contribution < 1.29 is 24.3 Å². The van der Waals surface area contributed by atoms with Crippen LogP contribution in [0, 0.1) is 0 Å². The summed E-state index contributed by atoms with van der Waals surface area (Å²) >= 11 is 0. The van der Waals surface area contributed by atoms with E-state index in [1.165, 1.54) is 4.90 Å². The molecule has 0 aliphatic carbocycles. The minimum absolute atomic E-state index is 0.0700. The Morgan fingerprint density at radius 3 is 2.62 bits per heavy atom. The van der Waals surface area contributed by atoms with Gasteiger partial charge in [-0.25, -0.2) is 9.78 Å². The second-order valence-corrected chi connectivity index (χ2v) is 9.25. The van der Waals surface area contributed by atoms with E-state index in [9.17, 15) is 19.8 Å². The van der Waals surface area contributed by atoms with E-state index in [-0.39, 0.29) is 17.9 Å². The molecule has 0 spiro atoms. The number of amides is 1. The normalized spacial score (nSPS) is 20.9. The summed E-state index contributed by atoms with van der Waals surface area (Å²) in [4.78, 5) is 32.5. The van der Waals surface area contributed by atoms with Gasteiger partial charge in [0.25, 0.3) is 5.91 Å². The number of nitrogens with zero attached hydrogens (tertiary/aromatic N) is 5. The smallest absolute Gasteiger partial charge is 0.356 e. The zero-order valence-electron chi connectivity index (χ0n) is 19.4. The average Bonchev–Trinajstić information content (AvgIpc) is 3.53. The molecule has 5 rings (SSSR count). The molecule has 0 saturated carbocycles. The van der Waals surface area contributed by atoms with Crippen LogP contribution in [0.4, 0.5) is 0 Å². The van der Waals surface area contributed by atoms with Gasteiger partial charge in [0, 0.05) is 62.9 Å². The zero-order chi connectivity index (χ0) is 24.2. The first-order valence-electron chi connectivity index (χ1n) is 11.3. The molecule has 1 amide bonds. The Labute approximate surface area is 196 Å². The second kappa shape index (κ2) is 8.07. The Kier molecular flexibility index (Phi) is 5.29. The number of likely N-dealkylation sites (N-methyl/N-ethyl adjacent to an activating group) is 1. The highest BCUT2D eigenvalue weighted by molar-refractivity contribution is 5.89. The van der Waals surface area contributed by atoms with Gasteiger partial charge < -0.3 is 24.2 Å². The molecular formula is C24H27N5O5. The summed E-state index contributed by atoms with van der Waals surface area (Å²) in [6, 6.07) is 9.32. The number of rotatable bonds is 5. The number of fused-ring (bicyclic) bond motifs is 1. The lowest BCUT2D eigenvalue weighted by molar-refractivity contribution is -0.144. The van der Waals surface area contributed by atoms with Crippen molar-refractivity contribution in [2.75, 3.05) is 20.1 Å². The Morgan fingerprint density at radius 2 is 1.94 bits per heavy atom. The number of hydrogen-bond donors (Lipinski definition) is 2. The van der Waals surface area contributed by atoms with Crippen molar-refractivity contribution in [2.24, 2.45) is 0 Å². The SMILES string of the molecule is CC(C)N1CCn2c(-c3cccc(-c4cc([C@]5(O)CCN(C)C5=O)on4)c3)nc(C(=O)O)c2C1. The number of benzene rings is 1. The number of carbonyl (C=O) groups is 2. The molecule has 34 heavy (non-hydrogen) atoms. The number of carboxylic acids is 1. The predicted octanol–water partition coefficient (Wildman–Crippen LogP) is 2.18. The fourth-order valence-corrected chi connectivity index (χ4v) is 4.73. The first kappa shape index (κ1) is 22.3. The number of likely N-dealkylation sites (tertiary alicyclic amines) is 1. The van der Waals surface area contributed by atoms with Crippen molar-refractivity contribution in [1.29, 1.82) is 0 Å². The van der Waals surface area contributed by atoms with E-state index in [4.69, 9.17) is 4.52 Å². The van der Waals surface area contributed by atoms with Gasteiger partial charge in [0.05, 0.1) is 5.69 Å². The number of hydrogen-bond acceptors (Lipinski definition) is 7. The van der Waals surface area contributed by atoms with Gasteiger partial charge in [0.1, 0.15) is 11.5 Å². The maximum atomic E-state index is 12.4. The Balaban J connectivity index is 1.51. The molecule has 0 bridgehead atoms. The summed E-state index contributed by atoms with van der Waals surface area (Å²) in [5.74, 6) is -0.753. The van der Waals surface area contributed by atoms with E-state index in [2.05, 4.69) is 28.9 Å². The van der Waals surface area contributed by atoms with E-state index in [1.807, 2.05) is 28.8 Å². The minimum Gasteiger partial charge on any atom is -0.476 e. The molecular weight excluding hydrogens is 438 g/mol. The van der Waals surface area contributed by atoms with Gasteiger partial charge >= 0.3 is 5.97 Å². The molecule has 0 radical (unpaired) electrons. The quantitative estimate of drug-likeness (QED) is 0.587. The maximum Gasteiger partial charge on any atom is 0.356 e. The Morgan fingerprint density at radius 1 is 1.18 bits per heavy atom. The first-order valence-corrected chi connectivity index (χ1v) is 11.3. The van der Waals surface area contributed by atoms with Crippen LogP contribution in [-0.4, -0.2) is 72.8 Å². The van der Waals surface area contributed by atoms with E-state index in [1.54, 1.807) is 13.1 Å². The number of aliphatic hydroxyl groups is 1. The van der Waals surface area contributed by atoms with Gasteiger partial charge in [0.2, 0.25) is 5.60 Å².